The summed E-state index contributed by atoms with van der Waals surface area (Å²) < 4.78 is 22.6. The zero-order valence-electron chi connectivity index (χ0n) is 32.5. The minimum Gasteiger partial charge on any atom is -0.457 e. The van der Waals surface area contributed by atoms with Crippen LogP contribution in [0.3, 0.4) is 0 Å². The molecule has 300 valence electrons. The van der Waals surface area contributed by atoms with E-state index in [1.54, 1.807) is 0 Å². The van der Waals surface area contributed by atoms with Crippen LogP contribution in [0.5, 0.6) is 0 Å². The Morgan fingerprint density at radius 3 is 1.77 bits per heavy atom. The largest absolute Gasteiger partial charge is 0.457 e. The fraction of sp³-hybridized carbons (Fsp3) is 0.744. The molecule has 1 aliphatic rings. The van der Waals surface area contributed by atoms with Gasteiger partial charge in [-0.05, 0) is 64.2 Å². The average molecular weight is 735 g/mol. The van der Waals surface area contributed by atoms with Crippen LogP contribution in [0, 0.1) is 0 Å². The van der Waals surface area contributed by atoms with E-state index >= 15 is 0 Å². The van der Waals surface area contributed by atoms with Crippen molar-refractivity contribution in [2.75, 3.05) is 26.4 Å². The Morgan fingerprint density at radius 2 is 1.17 bits per heavy atom. The number of aliphatic hydroxyl groups is 4. The van der Waals surface area contributed by atoms with Crippen molar-refractivity contribution in [2.45, 2.75) is 179 Å². The Labute approximate surface area is 315 Å². The summed E-state index contributed by atoms with van der Waals surface area (Å²) in [7, 11) is 0. The summed E-state index contributed by atoms with van der Waals surface area (Å²) in [6, 6.07) is 0. The lowest BCUT2D eigenvalue weighted by atomic mass is 9.99. The van der Waals surface area contributed by atoms with Gasteiger partial charge < -0.3 is 39.4 Å². The summed E-state index contributed by atoms with van der Waals surface area (Å²) in [6.45, 7) is 4.31. The number of esters is 1. The SMILES string of the molecule is CC/C=C\C/C=C\C/C=C\C/C=C\CCC(=O)OC(COCCCCCCCC/C=C\CCCCCCCC)COC1OC(CO)C(O)C(O)C1O. The highest BCUT2D eigenvalue weighted by Gasteiger charge is 2.44. The van der Waals surface area contributed by atoms with Crippen LogP contribution in [0.2, 0.25) is 0 Å². The number of hydrogen-bond acceptors (Lipinski definition) is 9. The maximum atomic E-state index is 12.7. The average Bonchev–Trinajstić information content (AvgIpc) is 3.14. The zero-order chi connectivity index (χ0) is 37.9. The van der Waals surface area contributed by atoms with Crippen LogP contribution in [0.4, 0.5) is 0 Å². The van der Waals surface area contributed by atoms with E-state index in [-0.39, 0.29) is 19.6 Å². The van der Waals surface area contributed by atoms with Crippen molar-refractivity contribution in [1.29, 1.82) is 0 Å². The highest BCUT2D eigenvalue weighted by molar-refractivity contribution is 5.69. The van der Waals surface area contributed by atoms with Crippen molar-refractivity contribution >= 4 is 5.97 Å². The van der Waals surface area contributed by atoms with Crippen LogP contribution >= 0.6 is 0 Å². The van der Waals surface area contributed by atoms with Gasteiger partial charge in [-0.1, -0.05) is 132 Å². The molecule has 52 heavy (non-hydrogen) atoms. The standard InChI is InChI=1S/C43H74O9/c1-3-5-7-9-11-13-15-17-18-19-21-23-25-27-29-31-33-49-35-37(36-50-43-42(48)41(47)40(46)38(34-44)52-43)51-39(45)32-30-28-26-24-22-20-16-14-12-10-8-6-4-2/h6,8,12,14,17-18,20,22,26,28,37-38,40-44,46-48H,3-5,7,9-11,13,15-16,19,21,23-25,27,29-36H2,1-2H3/b8-6-,14-12-,18-17-,22-20-,28-26-. The van der Waals surface area contributed by atoms with E-state index in [1.165, 1.54) is 64.2 Å². The molecule has 0 aromatic carbocycles. The zero-order valence-corrected chi connectivity index (χ0v) is 32.5. The number of carbonyl (C=O) groups is 1. The van der Waals surface area contributed by atoms with E-state index in [4.69, 9.17) is 18.9 Å². The number of rotatable bonds is 33. The lowest BCUT2D eigenvalue weighted by Gasteiger charge is -2.39. The lowest BCUT2D eigenvalue weighted by molar-refractivity contribution is -0.305. The Morgan fingerprint density at radius 1 is 0.635 bits per heavy atom. The second kappa shape index (κ2) is 34.6. The van der Waals surface area contributed by atoms with Gasteiger partial charge in [-0.15, -0.1) is 0 Å². The maximum absolute atomic E-state index is 12.7. The third-order valence-corrected chi connectivity index (χ3v) is 8.93. The first-order valence-corrected chi connectivity index (χ1v) is 20.4. The van der Waals surface area contributed by atoms with E-state index in [0.717, 1.165) is 51.4 Å². The molecule has 0 bridgehead atoms. The molecule has 4 N–H and O–H groups in total. The Kier molecular flexibility index (Phi) is 31.9. The monoisotopic (exact) mass is 735 g/mol. The van der Waals surface area contributed by atoms with E-state index < -0.39 is 49.4 Å². The third kappa shape index (κ3) is 25.8. The number of unbranched alkanes of at least 4 members (excludes halogenated alkanes) is 12. The lowest BCUT2D eigenvalue weighted by Crippen LogP contribution is -2.59. The molecule has 0 aliphatic carbocycles. The van der Waals surface area contributed by atoms with Gasteiger partial charge in [0.05, 0.1) is 19.8 Å². The molecular formula is C43H74O9. The van der Waals surface area contributed by atoms with Crippen molar-refractivity contribution in [2.24, 2.45) is 0 Å². The predicted octanol–water partition coefficient (Wildman–Crippen LogP) is 8.35. The number of carbonyl (C=O) groups excluding carboxylic acids is 1. The van der Waals surface area contributed by atoms with Gasteiger partial charge in [0.2, 0.25) is 0 Å². The molecule has 6 unspecified atom stereocenters. The van der Waals surface area contributed by atoms with Gasteiger partial charge in [0.15, 0.2) is 6.29 Å². The second-order valence-electron chi connectivity index (χ2n) is 13.7. The molecule has 0 saturated carbocycles. The molecule has 9 nitrogen and oxygen atoms in total. The minimum atomic E-state index is -1.55. The van der Waals surface area contributed by atoms with Gasteiger partial charge in [0, 0.05) is 13.0 Å². The molecule has 0 radical (unpaired) electrons. The minimum absolute atomic E-state index is 0.109. The highest BCUT2D eigenvalue weighted by Crippen LogP contribution is 2.22. The Hall–Kier alpha value is -2.11. The van der Waals surface area contributed by atoms with E-state index in [9.17, 15) is 25.2 Å². The van der Waals surface area contributed by atoms with Crippen LogP contribution in [-0.2, 0) is 23.7 Å². The van der Waals surface area contributed by atoms with Gasteiger partial charge in [0.25, 0.3) is 0 Å². The summed E-state index contributed by atoms with van der Waals surface area (Å²) in [4.78, 5) is 12.7. The van der Waals surface area contributed by atoms with Crippen LogP contribution in [0.15, 0.2) is 60.8 Å². The molecule has 1 heterocycles. The highest BCUT2D eigenvalue weighted by atomic mass is 16.7. The summed E-state index contributed by atoms with van der Waals surface area (Å²) in [6.07, 6.45) is 35.5. The van der Waals surface area contributed by atoms with E-state index in [2.05, 4.69) is 62.5 Å². The van der Waals surface area contributed by atoms with Gasteiger partial charge in [-0.3, -0.25) is 4.79 Å². The fourth-order valence-corrected chi connectivity index (χ4v) is 5.73. The molecule has 0 aromatic heterocycles. The first-order chi connectivity index (χ1) is 25.4. The van der Waals surface area contributed by atoms with Crippen molar-refractivity contribution in [3.63, 3.8) is 0 Å². The molecule has 1 rings (SSSR count). The maximum Gasteiger partial charge on any atom is 0.306 e. The normalized spacial score (nSPS) is 21.8. The van der Waals surface area contributed by atoms with Gasteiger partial charge in [0.1, 0.15) is 30.5 Å². The quantitative estimate of drug-likeness (QED) is 0.0298. The van der Waals surface area contributed by atoms with Crippen LogP contribution in [-0.4, -0.2) is 89.6 Å². The number of aliphatic hydroxyl groups excluding tert-OH is 4. The van der Waals surface area contributed by atoms with Crippen molar-refractivity contribution in [3.8, 4) is 0 Å². The molecule has 0 spiro atoms. The van der Waals surface area contributed by atoms with Crippen LogP contribution in [0.1, 0.15) is 142 Å². The van der Waals surface area contributed by atoms with Crippen molar-refractivity contribution < 1.29 is 44.2 Å². The van der Waals surface area contributed by atoms with E-state index in [0.29, 0.717) is 13.0 Å². The number of ether oxygens (including phenoxy) is 4. The molecule has 6 atom stereocenters. The first-order valence-electron chi connectivity index (χ1n) is 20.4. The Bertz CT molecular complexity index is 974. The molecule has 1 aliphatic heterocycles. The first kappa shape index (κ1) is 47.9. The van der Waals surface area contributed by atoms with Crippen molar-refractivity contribution in [1.82, 2.24) is 0 Å². The smallest absolute Gasteiger partial charge is 0.306 e. The molecule has 0 aromatic rings. The molecule has 9 heteroatoms. The molecule has 1 saturated heterocycles. The van der Waals surface area contributed by atoms with Crippen LogP contribution < -0.4 is 0 Å². The molecule has 0 amide bonds. The van der Waals surface area contributed by atoms with Gasteiger partial charge in [-0.2, -0.15) is 0 Å². The van der Waals surface area contributed by atoms with Gasteiger partial charge >= 0.3 is 5.97 Å². The number of hydrogen-bond donors (Lipinski definition) is 4. The molecule has 1 fully saturated rings. The summed E-state index contributed by atoms with van der Waals surface area (Å²) in [5, 5.41) is 40.0. The van der Waals surface area contributed by atoms with Gasteiger partial charge in [-0.25, -0.2) is 0 Å². The van der Waals surface area contributed by atoms with E-state index in [1.807, 2.05) is 12.2 Å². The Balaban J connectivity index is 2.36. The summed E-state index contributed by atoms with van der Waals surface area (Å²) in [5.41, 5.74) is 0. The molecular weight excluding hydrogens is 660 g/mol. The van der Waals surface area contributed by atoms with Crippen molar-refractivity contribution in [3.05, 3.63) is 60.8 Å². The topological polar surface area (TPSA) is 135 Å². The fourth-order valence-electron chi connectivity index (χ4n) is 5.73. The van der Waals surface area contributed by atoms with Crippen LogP contribution in [0.25, 0.3) is 0 Å². The second-order valence-corrected chi connectivity index (χ2v) is 13.7. The third-order valence-electron chi connectivity index (χ3n) is 8.93. The summed E-state index contributed by atoms with van der Waals surface area (Å²) >= 11 is 0. The number of allylic oxidation sites excluding steroid dienone is 10. The summed E-state index contributed by atoms with van der Waals surface area (Å²) in [5.74, 6) is -0.397. The predicted molar refractivity (Wildman–Crippen MR) is 210 cm³/mol.